The van der Waals surface area contributed by atoms with Crippen molar-refractivity contribution < 1.29 is 130 Å². The Balaban J connectivity index is 1.40. The van der Waals surface area contributed by atoms with E-state index in [1.165, 1.54) is 68.7 Å². The molecule has 3 saturated heterocycles. The first-order chi connectivity index (χ1) is 53.9. The van der Waals surface area contributed by atoms with Crippen LogP contribution in [0, 0.1) is 0 Å². The summed E-state index contributed by atoms with van der Waals surface area (Å²) in [4.78, 5) is 56.2. The Labute approximate surface area is 682 Å². The molecule has 0 radical (unpaired) electrons. The van der Waals surface area contributed by atoms with Crippen molar-refractivity contribution in [1.82, 2.24) is 10.6 Å². The number of nitrogens with two attached hydrogens (primary N) is 1. The van der Waals surface area contributed by atoms with Gasteiger partial charge in [-0.25, -0.2) is 13.7 Å². The lowest BCUT2D eigenvalue weighted by Gasteiger charge is -2.47. The summed E-state index contributed by atoms with van der Waals surface area (Å²) in [5, 5.41) is 99.3. The SMILES string of the molecule is CC(=O)N[C@H]1[C@H](OC[C@H](O)[C@H](O)[C@H](O)COP(=O)(O)OC[C@H]2O[C@@H](O[C@H]3[C@@H](N)[C@@H](C)O[C@@H](OP(=O)(O)OP(=O)(O)OC/C=C(/C)CC/C=C(/C)CC/C=C(/C)CC/C=C(/C)CC/C=C(/C)CC/C=C(/C)CC/C=C(/C)CC/C=C(/C)CC/C=C(\C)CC/C=C(\C)CCC=C(C)C)[C@@H]3NC(C)=O)[C@H](O)[C@@H](O)[C@@H]2O)O[C@H](CO)[C@H](O)[C@@H]1O. The summed E-state index contributed by atoms with van der Waals surface area (Å²) in [6.45, 7) is 25.0. The molecule has 660 valence electrons. The number of carbonyl (C=O) groups excluding carboxylic acids is 2. The van der Waals surface area contributed by atoms with Crippen LogP contribution in [0.2, 0.25) is 0 Å². The van der Waals surface area contributed by atoms with Gasteiger partial charge in [0.1, 0.15) is 79.2 Å². The molecule has 0 bridgehead atoms. The maximum atomic E-state index is 13.4. The van der Waals surface area contributed by atoms with Crippen molar-refractivity contribution in [2.45, 2.75) is 343 Å². The van der Waals surface area contributed by atoms with Gasteiger partial charge in [-0.05, 0) is 218 Å². The number of aliphatic hydroxyl groups is 9. The largest absolute Gasteiger partial charge is 0.483 e. The van der Waals surface area contributed by atoms with Gasteiger partial charge in [-0.15, -0.1) is 0 Å². The van der Waals surface area contributed by atoms with Crippen molar-refractivity contribution in [3.63, 3.8) is 0 Å². The van der Waals surface area contributed by atoms with Crippen molar-refractivity contribution in [2.75, 3.05) is 33.0 Å². The van der Waals surface area contributed by atoms with Crippen LogP contribution in [0.25, 0.3) is 0 Å². The third kappa shape index (κ3) is 42.8. The highest BCUT2D eigenvalue weighted by atomic mass is 31.3. The Kier molecular flexibility index (Phi) is 49.6. The molecular formula is C82H140N3O27P3. The molecule has 3 rings (SSSR count). The van der Waals surface area contributed by atoms with Gasteiger partial charge >= 0.3 is 23.5 Å². The molecule has 3 fully saturated rings. The predicted octanol–water partition coefficient (Wildman–Crippen LogP) is 11.4. The summed E-state index contributed by atoms with van der Waals surface area (Å²) in [7, 11) is -16.4. The Hall–Kier alpha value is -4.15. The first kappa shape index (κ1) is 105. The van der Waals surface area contributed by atoms with Crippen molar-refractivity contribution in [2.24, 2.45) is 5.73 Å². The van der Waals surface area contributed by atoms with E-state index in [9.17, 15) is 83.9 Å². The molecule has 16 N–H and O–H groups in total. The van der Waals surface area contributed by atoms with E-state index >= 15 is 0 Å². The van der Waals surface area contributed by atoms with Gasteiger partial charge in [0.25, 0.3) is 0 Å². The molecule has 115 heavy (non-hydrogen) atoms. The third-order valence-electron chi connectivity index (χ3n) is 20.0. The van der Waals surface area contributed by atoms with Crippen molar-refractivity contribution in [1.29, 1.82) is 0 Å². The fourth-order valence-corrected chi connectivity index (χ4v) is 15.6. The van der Waals surface area contributed by atoms with Crippen LogP contribution in [0.15, 0.2) is 128 Å². The Bertz CT molecular complexity index is 3470. The Morgan fingerprint density at radius 3 is 1.18 bits per heavy atom. The molecular weight excluding hydrogens is 1550 g/mol. The first-order valence-electron chi connectivity index (χ1n) is 40.0. The molecule has 0 aromatic rings. The standard InChI is InChI=1S/C82H140N3O27P3/c1-52(2)26-16-27-53(3)28-17-29-54(4)30-18-31-55(5)32-19-33-56(6)34-20-35-57(7)36-21-37-58(8)38-22-39-59(9)40-23-41-60(10)42-24-43-61(11)44-25-45-62(12)46-47-104-114(99,100)112-115(101,102)111-81-72(85-65(15)88)79(70(83)63(13)107-81)110-82-78(96)77(95)75(93)69(109-82)51-106-113(97,98)105-50-67(90)73(91)66(89)49-103-80-71(84-64(14)87)76(94)74(92)68(48-86)108-80/h26,28,30,32,34,36,38,40,42,44,46,63,66-82,86,89-96H,16-25,27,29,31,33,35,37,39,41,43,45,47-51,83H2,1-15H3,(H,84,87)(H,85,88)(H,97,98)(H,99,100)(H,101,102)/b53-28+,54-30+,55-32-,56-34-,57-36-,58-38-,59-40-,60-42-,61-44-,62-46-/t63-,66+,67-,68-,69-,70+,71-,72-,73+,74+,75-,76-,77+,78-,79+,80-,81+,82+/m1/s1. The van der Waals surface area contributed by atoms with Crippen LogP contribution in [-0.4, -0.2) is 216 Å². The second-order valence-corrected chi connectivity index (χ2v) is 35.6. The number of amides is 2. The zero-order valence-corrected chi connectivity index (χ0v) is 73.0. The van der Waals surface area contributed by atoms with E-state index in [0.29, 0.717) is 12.8 Å². The fourth-order valence-electron chi connectivity index (χ4n) is 12.8. The van der Waals surface area contributed by atoms with Gasteiger partial charge in [0.15, 0.2) is 18.9 Å². The monoisotopic (exact) mass is 1690 g/mol. The van der Waals surface area contributed by atoms with E-state index < -0.39 is 179 Å². The zero-order chi connectivity index (χ0) is 86.3. The van der Waals surface area contributed by atoms with Gasteiger partial charge in [-0.3, -0.25) is 27.7 Å². The van der Waals surface area contributed by atoms with Crippen molar-refractivity contribution in [3.8, 4) is 0 Å². The molecule has 3 unspecified atom stereocenters. The average molecular weight is 1690 g/mol. The molecule has 0 aliphatic carbocycles. The van der Waals surface area contributed by atoms with Gasteiger partial charge < -0.3 is 101 Å². The minimum absolute atomic E-state index is 0.521. The molecule has 33 heteroatoms. The van der Waals surface area contributed by atoms with Gasteiger partial charge in [-0.2, -0.15) is 4.31 Å². The summed E-state index contributed by atoms with van der Waals surface area (Å²) < 4.78 is 91.9. The van der Waals surface area contributed by atoms with E-state index in [-0.39, 0.29) is 0 Å². The van der Waals surface area contributed by atoms with Crippen LogP contribution in [0.4, 0.5) is 0 Å². The molecule has 2 amide bonds. The smallest absolute Gasteiger partial charge is 0.394 e. The minimum Gasteiger partial charge on any atom is -0.394 e. The normalized spacial score (nSPS) is 28.0. The number of rotatable bonds is 53. The number of hydrogen-bond acceptors (Lipinski definition) is 25. The van der Waals surface area contributed by atoms with Crippen molar-refractivity contribution >= 4 is 35.3 Å². The number of ether oxygens (including phenoxy) is 5. The van der Waals surface area contributed by atoms with E-state index in [1.54, 1.807) is 6.92 Å². The van der Waals surface area contributed by atoms with Crippen LogP contribution in [-0.2, 0) is 69.4 Å². The van der Waals surface area contributed by atoms with Crippen molar-refractivity contribution in [3.05, 3.63) is 128 Å². The summed E-state index contributed by atoms with van der Waals surface area (Å²) in [6, 6.07) is -4.52. The number of carbonyl (C=O) groups is 2. The molecule has 3 aliphatic heterocycles. The van der Waals surface area contributed by atoms with Crippen LogP contribution >= 0.6 is 23.5 Å². The number of phosphoric ester groups is 3. The van der Waals surface area contributed by atoms with Gasteiger partial charge in [0.05, 0.1) is 45.2 Å². The number of aliphatic hydroxyl groups excluding tert-OH is 9. The molecule has 30 nitrogen and oxygen atoms in total. The van der Waals surface area contributed by atoms with E-state index in [1.807, 2.05) is 0 Å². The number of allylic oxidation sites excluding steroid dienone is 21. The first-order valence-corrected chi connectivity index (χ1v) is 44.5. The summed E-state index contributed by atoms with van der Waals surface area (Å²) >= 11 is 0. The Morgan fingerprint density at radius 1 is 0.426 bits per heavy atom. The lowest BCUT2D eigenvalue weighted by molar-refractivity contribution is -0.327. The van der Waals surface area contributed by atoms with Crippen LogP contribution in [0.1, 0.15) is 232 Å². The highest BCUT2D eigenvalue weighted by Crippen LogP contribution is 2.61. The predicted molar refractivity (Wildman–Crippen MR) is 440 cm³/mol. The lowest BCUT2D eigenvalue weighted by atomic mass is 9.94. The van der Waals surface area contributed by atoms with Crippen LogP contribution in [0.3, 0.4) is 0 Å². The Morgan fingerprint density at radius 2 is 0.791 bits per heavy atom. The maximum absolute atomic E-state index is 13.4. The quantitative estimate of drug-likeness (QED) is 0.0199. The van der Waals surface area contributed by atoms with E-state index in [4.69, 9.17) is 47.5 Å². The van der Waals surface area contributed by atoms with Gasteiger partial charge in [0, 0.05) is 13.8 Å². The zero-order valence-electron chi connectivity index (χ0n) is 70.3. The highest BCUT2D eigenvalue weighted by molar-refractivity contribution is 7.61. The van der Waals surface area contributed by atoms with Gasteiger partial charge in [-0.1, -0.05) is 128 Å². The lowest BCUT2D eigenvalue weighted by Crippen LogP contribution is -2.69. The number of phosphoric acid groups is 3. The van der Waals surface area contributed by atoms with E-state index in [2.05, 4.69) is 152 Å². The van der Waals surface area contributed by atoms with E-state index in [0.717, 1.165) is 135 Å². The summed E-state index contributed by atoms with van der Waals surface area (Å²) in [5.74, 6) is -1.53. The topological polar surface area (TPSA) is 470 Å². The minimum atomic E-state index is -5.70. The second-order valence-electron chi connectivity index (χ2n) is 31.2. The third-order valence-corrected chi connectivity index (χ3v) is 23.6. The second kappa shape index (κ2) is 54.3. The molecule has 0 spiro atoms. The molecule has 0 aromatic carbocycles. The highest BCUT2D eigenvalue weighted by Gasteiger charge is 2.53. The molecule has 21 atom stereocenters. The van der Waals surface area contributed by atoms with Gasteiger partial charge in [0.2, 0.25) is 11.8 Å². The number of nitrogens with one attached hydrogen (secondary N) is 2. The van der Waals surface area contributed by atoms with Crippen LogP contribution < -0.4 is 16.4 Å². The molecule has 3 aliphatic rings. The molecule has 0 aromatic heterocycles. The van der Waals surface area contributed by atoms with Crippen LogP contribution in [0.5, 0.6) is 0 Å². The maximum Gasteiger partial charge on any atom is 0.483 e. The summed E-state index contributed by atoms with van der Waals surface area (Å²) in [6.07, 6.45) is 17.4. The fraction of sp³-hybridized carbons (Fsp3) is 0.707. The summed E-state index contributed by atoms with van der Waals surface area (Å²) in [5.41, 5.74) is 21.3. The molecule has 3 heterocycles. The number of hydrogen-bond donors (Lipinski definition) is 15. The average Bonchev–Trinajstić information content (AvgIpc) is 0.799. The molecule has 0 saturated carbocycles.